The maximum atomic E-state index is 5.66. The third-order valence-corrected chi connectivity index (χ3v) is 11.3. The molecule has 4 rings (SSSR count). The second kappa shape index (κ2) is 18.2. The third kappa shape index (κ3) is 9.68. The van der Waals surface area contributed by atoms with Gasteiger partial charge < -0.3 is 52.9 Å². The molecule has 0 amide bonds. The van der Waals surface area contributed by atoms with Crippen molar-refractivity contribution < 1.29 is 34.1 Å². The summed E-state index contributed by atoms with van der Waals surface area (Å²) in [6, 6.07) is 39.3. The maximum absolute atomic E-state index is 5.66. The van der Waals surface area contributed by atoms with E-state index in [1.807, 2.05) is 49.4 Å². The summed E-state index contributed by atoms with van der Waals surface area (Å²) in [5.41, 5.74) is 1.88. The number of hydrogen-bond donors (Lipinski definition) is 3. The van der Waals surface area contributed by atoms with Crippen LogP contribution in [0.25, 0.3) is 0 Å². The Labute approximate surface area is 291 Å². The van der Waals surface area contributed by atoms with Crippen LogP contribution in [-0.2, 0) is 42.3 Å². The molecule has 2 N–H and O–H groups in total. The number of nitrogens with zero attached hydrogens (tertiary/aromatic N) is 4. The molecule has 0 heterocycles. The van der Waals surface area contributed by atoms with Gasteiger partial charge in [0.05, 0.1) is 5.71 Å². The minimum absolute atomic E-state index is 0. The predicted octanol–water partition coefficient (Wildman–Crippen LogP) is 1.62. The second-order valence-electron chi connectivity index (χ2n) is 8.89. The number of thiol groups is 1. The van der Waals surface area contributed by atoms with Crippen LogP contribution in [0.15, 0.2) is 141 Å². The first-order valence-electron chi connectivity index (χ1n) is 12.8. The molecule has 6 nitrogen and oxygen atoms in total. The van der Waals surface area contributed by atoms with E-state index in [0.29, 0.717) is 17.7 Å². The molecular weight excluding hydrogens is 727 g/mol. The number of benzene rings is 4. The zero-order valence-electron chi connectivity index (χ0n) is 23.4. The number of rotatable bonds is 9. The molecular formula is C31H30BrCuN6PS3. The molecule has 4 aromatic carbocycles. The van der Waals surface area contributed by atoms with Crippen LogP contribution >= 0.6 is 19.9 Å². The van der Waals surface area contributed by atoms with Gasteiger partial charge in [-0.3, -0.25) is 0 Å². The molecule has 0 aliphatic heterocycles. The molecule has 43 heavy (non-hydrogen) atoms. The van der Waals surface area contributed by atoms with E-state index in [0.717, 1.165) is 10.5 Å². The van der Waals surface area contributed by atoms with Crippen molar-refractivity contribution in [3.05, 3.63) is 121 Å². The Kier molecular flexibility index (Phi) is 15.5. The van der Waals surface area contributed by atoms with Gasteiger partial charge in [-0.1, -0.05) is 66.7 Å². The average molecular weight is 757 g/mol. The van der Waals surface area contributed by atoms with E-state index in [9.17, 15) is 0 Å². The van der Waals surface area contributed by atoms with Crippen molar-refractivity contribution in [2.45, 2.75) is 11.8 Å². The summed E-state index contributed by atoms with van der Waals surface area (Å²) in [5, 5.41) is 27.7. The SMILES string of the molecule is CNC([S-])=NN=C(C(C)=NN=C([S-])NC[P+](c1ccccc1)(c1ccccc1)c1ccccc1)c1ccc(S)cc1.[Br-].[Cu+2]. The fraction of sp³-hybridized carbons (Fsp3) is 0.0968. The van der Waals surface area contributed by atoms with Gasteiger partial charge in [-0.2, -0.15) is 15.3 Å². The summed E-state index contributed by atoms with van der Waals surface area (Å²) < 4.78 is 0. The van der Waals surface area contributed by atoms with Crippen molar-refractivity contribution in [2.24, 2.45) is 20.4 Å². The zero-order valence-corrected chi connectivity index (χ0v) is 29.3. The second-order valence-corrected chi connectivity index (χ2v) is 13.7. The Morgan fingerprint density at radius 3 is 1.56 bits per heavy atom. The Bertz CT molecular complexity index is 1460. The molecule has 0 aliphatic rings. The van der Waals surface area contributed by atoms with Crippen molar-refractivity contribution in [2.75, 3.05) is 13.3 Å². The maximum Gasteiger partial charge on any atom is 2.00 e. The van der Waals surface area contributed by atoms with Crippen LogP contribution in [0.3, 0.4) is 0 Å². The summed E-state index contributed by atoms with van der Waals surface area (Å²) in [6.07, 6.45) is 0.581. The molecule has 0 unspecified atom stereocenters. The smallest absolute Gasteiger partial charge is 1.00 e. The summed E-state index contributed by atoms with van der Waals surface area (Å²) in [6.45, 7) is 1.81. The van der Waals surface area contributed by atoms with E-state index in [4.69, 9.17) is 25.3 Å². The predicted molar refractivity (Wildman–Crippen MR) is 185 cm³/mol. The van der Waals surface area contributed by atoms with Crippen LogP contribution < -0.4 is 43.5 Å². The summed E-state index contributed by atoms with van der Waals surface area (Å²) in [4.78, 5) is 0.836. The van der Waals surface area contributed by atoms with Gasteiger partial charge in [-0.05, 0) is 60.6 Å². The Hall–Kier alpha value is -2.62. The summed E-state index contributed by atoms with van der Waals surface area (Å²) in [7, 11) is -0.431. The molecule has 0 spiro atoms. The van der Waals surface area contributed by atoms with E-state index in [1.165, 1.54) is 15.9 Å². The third-order valence-electron chi connectivity index (χ3n) is 6.29. The van der Waals surface area contributed by atoms with Gasteiger partial charge in [-0.15, -0.1) is 17.7 Å². The van der Waals surface area contributed by atoms with E-state index >= 15 is 0 Å². The minimum Gasteiger partial charge on any atom is -1.00 e. The van der Waals surface area contributed by atoms with E-state index in [2.05, 4.69) is 116 Å². The van der Waals surface area contributed by atoms with Gasteiger partial charge >= 0.3 is 17.1 Å². The number of hydrogen-bond acceptors (Lipinski definition) is 7. The van der Waals surface area contributed by atoms with Crippen LogP contribution in [0.4, 0.5) is 0 Å². The summed E-state index contributed by atoms with van der Waals surface area (Å²) in [5.74, 6) is 0. The van der Waals surface area contributed by atoms with Gasteiger partial charge in [0.2, 0.25) is 0 Å². The van der Waals surface area contributed by atoms with Gasteiger partial charge in [0.1, 0.15) is 35.2 Å². The van der Waals surface area contributed by atoms with Crippen LogP contribution in [0, 0.1) is 0 Å². The normalized spacial score (nSPS) is 12.5. The van der Waals surface area contributed by atoms with E-state index < -0.39 is 7.26 Å². The Morgan fingerprint density at radius 2 is 1.12 bits per heavy atom. The van der Waals surface area contributed by atoms with Gasteiger partial charge in [0, 0.05) is 22.7 Å². The number of amidine groups is 2. The zero-order chi connectivity index (χ0) is 29.1. The van der Waals surface area contributed by atoms with E-state index in [-0.39, 0.29) is 44.4 Å². The number of nitrogens with one attached hydrogen (secondary N) is 2. The van der Waals surface area contributed by atoms with Crippen LogP contribution in [0.5, 0.6) is 0 Å². The standard InChI is InChI=1S/C31H31N6PS3.BrH.Cu/c1-23(29(35-36-30(40)32-2)24-18-20-28(39)21-19-24)34-37-31(41)33-22-38(25-12-6-3-7-13-25,26-14-8-4-9-15-26)27-16-10-5-11-17-27;;/h3-21H,22H2,1-2H3,(H4-,32,33,34,35,36,37,39,40,41);1H;/q;;+2/p-2. The molecule has 0 aliphatic carbocycles. The molecule has 225 valence electrons. The monoisotopic (exact) mass is 755 g/mol. The van der Waals surface area contributed by atoms with Crippen LogP contribution in [0.1, 0.15) is 12.5 Å². The fourth-order valence-corrected chi connectivity index (χ4v) is 8.54. The number of halogens is 1. The Morgan fingerprint density at radius 1 is 0.674 bits per heavy atom. The average Bonchev–Trinajstić information content (AvgIpc) is 3.02. The Balaban J connectivity index is 0.00000323. The molecule has 0 bridgehead atoms. The first-order valence-corrected chi connectivity index (χ1v) is 16.1. The van der Waals surface area contributed by atoms with Gasteiger partial charge in [0.25, 0.3) is 0 Å². The summed E-state index contributed by atoms with van der Waals surface area (Å²) >= 11 is 15.2. The molecule has 12 heteroatoms. The molecule has 0 atom stereocenters. The van der Waals surface area contributed by atoms with Crippen LogP contribution in [-0.4, -0.2) is 35.1 Å². The van der Waals surface area contributed by atoms with Gasteiger partial charge in [-0.25, -0.2) is 0 Å². The van der Waals surface area contributed by atoms with Crippen molar-refractivity contribution in [1.82, 2.24) is 10.6 Å². The van der Waals surface area contributed by atoms with Crippen molar-refractivity contribution in [3.8, 4) is 0 Å². The fourth-order valence-electron chi connectivity index (χ4n) is 4.26. The molecule has 0 saturated heterocycles. The topological polar surface area (TPSA) is 73.5 Å². The minimum atomic E-state index is -2.13. The van der Waals surface area contributed by atoms with Crippen molar-refractivity contribution in [3.63, 3.8) is 0 Å². The molecule has 4 aromatic rings. The van der Waals surface area contributed by atoms with Gasteiger partial charge in [0.15, 0.2) is 0 Å². The van der Waals surface area contributed by atoms with E-state index in [1.54, 1.807) is 7.05 Å². The van der Waals surface area contributed by atoms with Crippen LogP contribution in [0.2, 0.25) is 0 Å². The van der Waals surface area contributed by atoms with Crippen molar-refractivity contribution >= 4 is 82.8 Å². The van der Waals surface area contributed by atoms with Crippen molar-refractivity contribution in [1.29, 1.82) is 0 Å². The molecule has 1 radical (unpaired) electrons. The first-order chi connectivity index (χ1) is 19.9. The quantitative estimate of drug-likeness (QED) is 0.0463. The molecule has 0 fully saturated rings. The largest absolute Gasteiger partial charge is 2.00 e. The molecule has 0 saturated carbocycles. The molecule has 0 aromatic heterocycles. The first kappa shape index (κ1) is 36.6.